The molecule has 6 rings (SSSR count). The van der Waals surface area contributed by atoms with Gasteiger partial charge in [-0.15, -0.1) is 0 Å². The van der Waals surface area contributed by atoms with Crippen molar-refractivity contribution in [2.24, 2.45) is 35.0 Å². The van der Waals surface area contributed by atoms with Gasteiger partial charge in [-0.05, 0) is 48.1 Å². The number of fused-ring (bicyclic) bond motifs is 6. The van der Waals surface area contributed by atoms with Gasteiger partial charge in [-0.2, -0.15) is 0 Å². The van der Waals surface area contributed by atoms with Gasteiger partial charge in [0, 0.05) is 72.7 Å². The van der Waals surface area contributed by atoms with E-state index < -0.39 is 94.5 Å². The van der Waals surface area contributed by atoms with Crippen molar-refractivity contribution < 1.29 is 66.6 Å². The van der Waals surface area contributed by atoms with Crippen molar-refractivity contribution >= 4 is 30.2 Å². The topological polar surface area (TPSA) is 168 Å². The summed E-state index contributed by atoms with van der Waals surface area (Å²) in [6.45, 7) is 3.76. The number of benzene rings is 1. The van der Waals surface area contributed by atoms with E-state index in [2.05, 4.69) is 0 Å². The van der Waals surface area contributed by atoms with Crippen LogP contribution in [0.5, 0.6) is 5.75 Å². The van der Waals surface area contributed by atoms with Gasteiger partial charge in [0.15, 0.2) is 11.7 Å². The fourth-order valence-corrected chi connectivity index (χ4v) is 10.8. The van der Waals surface area contributed by atoms with Crippen LogP contribution in [0.25, 0.3) is 0 Å². The lowest BCUT2D eigenvalue weighted by atomic mass is 9.61. The first-order chi connectivity index (χ1) is 24.3. The average molecular weight is 715 g/mol. The van der Waals surface area contributed by atoms with E-state index in [4.69, 9.17) is 42.6 Å². The molecule has 5 aliphatic rings. The number of esters is 4. The van der Waals surface area contributed by atoms with Gasteiger partial charge in [0.1, 0.15) is 29.8 Å². The molecule has 14 heteroatoms. The van der Waals surface area contributed by atoms with Gasteiger partial charge in [-0.3, -0.25) is 14.4 Å². The van der Waals surface area contributed by atoms with Crippen molar-refractivity contribution in [2.75, 3.05) is 42.2 Å². The van der Waals surface area contributed by atoms with Gasteiger partial charge in [-0.1, -0.05) is 0 Å². The maximum atomic E-state index is 13.9. The first-order valence-corrected chi connectivity index (χ1v) is 17.0. The van der Waals surface area contributed by atoms with Crippen LogP contribution >= 0.6 is 0 Å². The average Bonchev–Trinajstić information content (AvgIpc) is 3.66. The van der Waals surface area contributed by atoms with Crippen molar-refractivity contribution in [3.63, 3.8) is 0 Å². The van der Waals surface area contributed by atoms with Gasteiger partial charge >= 0.3 is 23.9 Å². The molecule has 1 aromatic carbocycles. The summed E-state index contributed by atoms with van der Waals surface area (Å²) in [4.78, 5) is 65.9. The Morgan fingerprint density at radius 3 is 1.98 bits per heavy atom. The van der Waals surface area contributed by atoms with Gasteiger partial charge < -0.3 is 47.4 Å². The van der Waals surface area contributed by atoms with Crippen LogP contribution in [0.1, 0.15) is 50.4 Å². The molecule has 4 saturated carbocycles. The van der Waals surface area contributed by atoms with Gasteiger partial charge in [0.2, 0.25) is 0 Å². The van der Waals surface area contributed by atoms with Crippen LogP contribution in [0, 0.1) is 35.0 Å². The second kappa shape index (κ2) is 13.5. The number of carbonyl (C=O) groups excluding carboxylic acids is 5. The van der Waals surface area contributed by atoms with Gasteiger partial charge in [0.05, 0.1) is 43.7 Å². The summed E-state index contributed by atoms with van der Waals surface area (Å²) >= 11 is 0. The fraction of sp³-hybridized carbons (Fsp3) is 0.649. The highest BCUT2D eigenvalue weighted by atomic mass is 16.6. The first-order valence-electron chi connectivity index (χ1n) is 17.0. The molecule has 0 amide bonds. The maximum absolute atomic E-state index is 13.9. The van der Waals surface area contributed by atoms with Crippen LogP contribution in [-0.2, 0) is 57.1 Å². The minimum Gasteiger partial charge on any atom is -0.501 e. The largest absolute Gasteiger partial charge is 0.501 e. The molecule has 1 aromatic rings. The Morgan fingerprint density at radius 1 is 0.784 bits per heavy atom. The number of aldehydes is 1. The van der Waals surface area contributed by atoms with Gasteiger partial charge in [-0.25, -0.2) is 4.79 Å². The van der Waals surface area contributed by atoms with Crippen LogP contribution in [-0.4, -0.2) is 108 Å². The molecule has 2 bridgehead atoms. The zero-order valence-corrected chi connectivity index (χ0v) is 30.1. The molecule has 0 aliphatic heterocycles. The van der Waals surface area contributed by atoms with Crippen LogP contribution in [0.2, 0.25) is 0 Å². The SMILES string of the molecule is COC[C@]1(C=O)[C@@H]2C(=C(OC)C[C@H]1OC(C)=O)[C@@H]1[C@@H]3C[C@]4(OC(C)=O)[C@@H](OC)C[C@](OC(C)=O)([C@@H]1[C@@H]2OC)[C@H]3[C@H]4OC(=O)c1ccc(OC)cc1. The third kappa shape index (κ3) is 5.35. The van der Waals surface area contributed by atoms with Crippen LogP contribution in [0.15, 0.2) is 35.6 Å². The molecule has 0 N–H and O–H groups in total. The third-order valence-electron chi connectivity index (χ3n) is 12.1. The van der Waals surface area contributed by atoms with Crippen LogP contribution < -0.4 is 4.74 Å². The Balaban J connectivity index is 1.58. The molecule has 12 atom stereocenters. The number of ether oxygens (including phenoxy) is 9. The third-order valence-corrected chi connectivity index (χ3v) is 12.1. The van der Waals surface area contributed by atoms with E-state index in [1.165, 1.54) is 56.3 Å². The molecule has 0 unspecified atom stereocenters. The second-order valence-electron chi connectivity index (χ2n) is 14.3. The van der Waals surface area contributed by atoms with Crippen molar-refractivity contribution in [3.05, 3.63) is 41.2 Å². The molecule has 51 heavy (non-hydrogen) atoms. The van der Waals surface area contributed by atoms with Crippen molar-refractivity contribution in [1.29, 1.82) is 0 Å². The van der Waals surface area contributed by atoms with E-state index in [1.807, 2.05) is 0 Å². The highest BCUT2D eigenvalue weighted by Gasteiger charge is 2.84. The smallest absolute Gasteiger partial charge is 0.338 e. The summed E-state index contributed by atoms with van der Waals surface area (Å²) < 4.78 is 54.3. The lowest BCUT2D eigenvalue weighted by Crippen LogP contribution is -2.68. The van der Waals surface area contributed by atoms with Crippen LogP contribution in [0.4, 0.5) is 0 Å². The Labute approximate surface area is 296 Å². The zero-order valence-electron chi connectivity index (χ0n) is 30.1. The molecule has 0 spiro atoms. The lowest BCUT2D eigenvalue weighted by molar-refractivity contribution is -0.253. The molecule has 0 saturated heterocycles. The number of rotatable bonds is 12. The molecular weight excluding hydrogens is 668 g/mol. The van der Waals surface area contributed by atoms with E-state index in [9.17, 15) is 24.0 Å². The quantitative estimate of drug-likeness (QED) is 0.176. The van der Waals surface area contributed by atoms with Gasteiger partial charge in [0.25, 0.3) is 0 Å². The van der Waals surface area contributed by atoms with E-state index in [1.54, 1.807) is 24.3 Å². The van der Waals surface area contributed by atoms with E-state index >= 15 is 0 Å². The first kappa shape index (κ1) is 36.8. The number of hydrogen-bond acceptors (Lipinski definition) is 14. The standard InChI is InChI=1S/C37H46O14/c1-18(39)48-25-13-24(45-6)28-27-23-14-36(50-19(2)40)26(46-7)15-37(51-20(3)41,31(27)32(47-8)30(28)35(25,16-38)17-43-4)29(23)33(36)49-34(42)21-9-11-22(44-5)12-10-21/h9-12,16,23,25-27,29-33H,13-15,17H2,1-8H3/t23-,25+,26-,27-,29+,30+,31-,32+,33+,35-,36-,37+/m0/s1. The molecule has 0 radical (unpaired) electrons. The predicted molar refractivity (Wildman–Crippen MR) is 174 cm³/mol. The molecule has 278 valence electrons. The monoisotopic (exact) mass is 714 g/mol. The Bertz CT molecular complexity index is 1600. The van der Waals surface area contributed by atoms with Crippen molar-refractivity contribution in [3.8, 4) is 5.75 Å². The Hall–Kier alpha value is -4.01. The Kier molecular flexibility index (Phi) is 9.74. The summed E-state index contributed by atoms with van der Waals surface area (Å²) in [5.41, 5.74) is -3.26. The molecule has 0 heterocycles. The minimum atomic E-state index is -1.45. The molecule has 4 fully saturated rings. The number of hydrogen-bond donors (Lipinski definition) is 0. The van der Waals surface area contributed by atoms with Crippen molar-refractivity contribution in [1.82, 2.24) is 0 Å². The Morgan fingerprint density at radius 2 is 1.45 bits per heavy atom. The highest BCUT2D eigenvalue weighted by Crippen LogP contribution is 2.75. The zero-order chi connectivity index (χ0) is 37.0. The van der Waals surface area contributed by atoms with Crippen molar-refractivity contribution in [2.45, 2.75) is 75.7 Å². The fourth-order valence-electron chi connectivity index (χ4n) is 10.8. The maximum Gasteiger partial charge on any atom is 0.338 e. The summed E-state index contributed by atoms with van der Waals surface area (Å²) in [6.07, 6.45) is -2.64. The van der Waals surface area contributed by atoms with E-state index in [0.717, 1.165) is 11.9 Å². The molecule has 14 nitrogen and oxygen atoms in total. The minimum absolute atomic E-state index is 0.0726. The van der Waals surface area contributed by atoms with E-state index in [0.29, 0.717) is 11.5 Å². The second-order valence-corrected chi connectivity index (χ2v) is 14.3. The summed E-state index contributed by atoms with van der Waals surface area (Å²) in [5.74, 6) is -4.33. The molecule has 5 aliphatic carbocycles. The normalized spacial score (nSPS) is 38.6. The number of carbonyl (C=O) groups is 5. The molecular formula is C37H46O14. The van der Waals surface area contributed by atoms with Crippen LogP contribution in [0.3, 0.4) is 0 Å². The highest BCUT2D eigenvalue weighted by molar-refractivity contribution is 5.90. The van der Waals surface area contributed by atoms with E-state index in [-0.39, 0.29) is 31.4 Å². The lowest BCUT2D eigenvalue weighted by Gasteiger charge is -2.54. The predicted octanol–water partition coefficient (Wildman–Crippen LogP) is 2.84. The summed E-state index contributed by atoms with van der Waals surface area (Å²) in [6, 6.07) is 6.41. The molecule has 0 aromatic heterocycles. The number of methoxy groups -OCH3 is 5. The summed E-state index contributed by atoms with van der Waals surface area (Å²) in [7, 11) is 7.48. The summed E-state index contributed by atoms with van der Waals surface area (Å²) in [5, 5.41) is 0.